The summed E-state index contributed by atoms with van der Waals surface area (Å²) in [5, 5.41) is 8.90. The largest absolute Gasteiger partial charge is 0.497 e. The van der Waals surface area contributed by atoms with Crippen molar-refractivity contribution in [2.75, 3.05) is 44.8 Å². The number of ether oxygens (including phenoxy) is 2. The van der Waals surface area contributed by atoms with Crippen molar-refractivity contribution in [2.45, 2.75) is 26.4 Å². The van der Waals surface area contributed by atoms with Gasteiger partial charge < -0.3 is 14.4 Å². The Morgan fingerprint density at radius 3 is 2.34 bits per heavy atom. The van der Waals surface area contributed by atoms with Gasteiger partial charge in [-0.3, -0.25) is 14.4 Å². The Bertz CT molecular complexity index is 1380. The van der Waals surface area contributed by atoms with Crippen molar-refractivity contribution in [3.05, 3.63) is 94.7 Å². The highest BCUT2D eigenvalue weighted by Gasteiger charge is 2.24. The van der Waals surface area contributed by atoms with E-state index >= 15 is 0 Å². The first kappa shape index (κ1) is 25.5. The van der Waals surface area contributed by atoms with Crippen LogP contribution in [0.5, 0.6) is 11.5 Å². The first-order valence-electron chi connectivity index (χ1n) is 13.1. The van der Waals surface area contributed by atoms with Crippen LogP contribution >= 0.6 is 0 Å². The van der Waals surface area contributed by atoms with Crippen LogP contribution < -0.4 is 19.9 Å². The van der Waals surface area contributed by atoms with Crippen molar-refractivity contribution >= 4 is 5.69 Å². The van der Waals surface area contributed by atoms with E-state index in [1.807, 2.05) is 65.5 Å². The molecule has 0 N–H and O–H groups in total. The molecule has 1 saturated heterocycles. The molecular formula is C29H34N6O3. The lowest BCUT2D eigenvalue weighted by Gasteiger charge is -2.36. The Balaban J connectivity index is 1.32. The van der Waals surface area contributed by atoms with Gasteiger partial charge in [-0.1, -0.05) is 30.3 Å². The summed E-state index contributed by atoms with van der Waals surface area (Å²) in [7, 11) is 1.65. The zero-order chi connectivity index (χ0) is 26.3. The van der Waals surface area contributed by atoms with Crippen LogP contribution in [0.3, 0.4) is 0 Å². The fourth-order valence-electron chi connectivity index (χ4n) is 4.67. The van der Waals surface area contributed by atoms with Gasteiger partial charge in [0.15, 0.2) is 0 Å². The third-order valence-electron chi connectivity index (χ3n) is 6.84. The number of aryl methyl sites for hydroxylation is 1. The molecule has 0 atom stereocenters. The number of hydrogen-bond acceptors (Lipinski definition) is 7. The number of anilines is 1. The van der Waals surface area contributed by atoms with Gasteiger partial charge in [0.25, 0.3) is 0 Å². The van der Waals surface area contributed by atoms with E-state index in [1.165, 1.54) is 10.2 Å². The average Bonchev–Trinajstić information content (AvgIpc) is 3.42. The Labute approximate surface area is 222 Å². The second-order valence-electron chi connectivity index (χ2n) is 9.33. The third kappa shape index (κ3) is 5.89. The molecule has 9 heteroatoms. The zero-order valence-electron chi connectivity index (χ0n) is 22.0. The van der Waals surface area contributed by atoms with Crippen LogP contribution in [-0.2, 0) is 19.5 Å². The summed E-state index contributed by atoms with van der Waals surface area (Å²) in [6.45, 7) is 7.54. The summed E-state index contributed by atoms with van der Waals surface area (Å²) in [6.07, 6.45) is 6.49. The van der Waals surface area contributed by atoms with Gasteiger partial charge in [0, 0.05) is 57.4 Å². The fraction of sp³-hybridized carbons (Fsp3) is 0.345. The highest BCUT2D eigenvalue weighted by atomic mass is 16.5. The highest BCUT2D eigenvalue weighted by Crippen LogP contribution is 2.26. The van der Waals surface area contributed by atoms with Crippen LogP contribution in [0.1, 0.15) is 18.1 Å². The number of para-hydroxylation sites is 1. The average molecular weight is 515 g/mol. The maximum atomic E-state index is 13.6. The number of hydrogen-bond donors (Lipinski definition) is 0. The molecular weight excluding hydrogens is 480 g/mol. The smallest absolute Gasteiger partial charge is 0.316 e. The summed E-state index contributed by atoms with van der Waals surface area (Å²) in [4.78, 5) is 18.2. The minimum atomic E-state index is -0.252. The molecule has 38 heavy (non-hydrogen) atoms. The molecule has 0 radical (unpaired) electrons. The van der Waals surface area contributed by atoms with Gasteiger partial charge >= 0.3 is 5.56 Å². The molecule has 0 aliphatic carbocycles. The van der Waals surface area contributed by atoms with E-state index in [9.17, 15) is 4.79 Å². The summed E-state index contributed by atoms with van der Waals surface area (Å²) in [6, 6.07) is 17.3. The lowest BCUT2D eigenvalue weighted by Crippen LogP contribution is -2.46. The van der Waals surface area contributed by atoms with Crippen molar-refractivity contribution < 1.29 is 9.47 Å². The van der Waals surface area contributed by atoms with Crippen LogP contribution in [0.25, 0.3) is 5.69 Å². The molecule has 0 spiro atoms. The van der Waals surface area contributed by atoms with Gasteiger partial charge in [0.2, 0.25) is 5.75 Å². The SMILES string of the molecule is CCn1cc(CN2CCN(c3cnn(-c4ccccc4)c(=O)c3OCCc3ccc(OC)cc3)CC2)cn1. The van der Waals surface area contributed by atoms with Gasteiger partial charge in [-0.05, 0) is 36.8 Å². The lowest BCUT2D eigenvalue weighted by atomic mass is 10.1. The minimum Gasteiger partial charge on any atom is -0.497 e. The molecule has 0 saturated carbocycles. The molecule has 2 aromatic carbocycles. The number of benzene rings is 2. The predicted octanol–water partition coefficient (Wildman–Crippen LogP) is 3.40. The van der Waals surface area contributed by atoms with Gasteiger partial charge in [-0.25, -0.2) is 0 Å². The molecule has 3 heterocycles. The standard InChI is InChI=1S/C29H34N6O3/c1-3-34-22-24(19-30-34)21-32-14-16-33(17-15-32)27-20-31-35(25-7-5-4-6-8-25)29(36)28(27)38-18-13-23-9-11-26(37-2)12-10-23/h4-12,19-20,22H,3,13-18,21H2,1-2H3. The Hall–Kier alpha value is -4.11. The van der Waals surface area contributed by atoms with E-state index in [0.717, 1.165) is 56.3 Å². The van der Waals surface area contributed by atoms with E-state index in [2.05, 4.69) is 33.1 Å². The molecule has 5 rings (SSSR count). The molecule has 1 aliphatic heterocycles. The van der Waals surface area contributed by atoms with Crippen molar-refractivity contribution in [3.63, 3.8) is 0 Å². The van der Waals surface area contributed by atoms with Gasteiger partial charge in [-0.2, -0.15) is 14.9 Å². The normalized spacial score (nSPS) is 14.0. The first-order chi connectivity index (χ1) is 18.6. The summed E-state index contributed by atoms with van der Waals surface area (Å²) >= 11 is 0. The summed E-state index contributed by atoms with van der Waals surface area (Å²) < 4.78 is 14.8. The molecule has 9 nitrogen and oxygen atoms in total. The maximum Gasteiger partial charge on any atom is 0.316 e. The number of aromatic nitrogens is 4. The Morgan fingerprint density at radius 2 is 1.66 bits per heavy atom. The van der Waals surface area contributed by atoms with Crippen LogP contribution in [0.15, 0.2) is 78.0 Å². The Kier molecular flexibility index (Phi) is 8.04. The monoisotopic (exact) mass is 514 g/mol. The van der Waals surface area contributed by atoms with Gasteiger partial charge in [0.1, 0.15) is 11.4 Å². The maximum absolute atomic E-state index is 13.6. The van der Waals surface area contributed by atoms with Crippen molar-refractivity contribution in [1.29, 1.82) is 0 Å². The second-order valence-corrected chi connectivity index (χ2v) is 9.33. The molecule has 2 aromatic heterocycles. The zero-order valence-corrected chi connectivity index (χ0v) is 22.0. The molecule has 0 amide bonds. The quantitative estimate of drug-likeness (QED) is 0.321. The lowest BCUT2D eigenvalue weighted by molar-refractivity contribution is 0.247. The van der Waals surface area contributed by atoms with Gasteiger partial charge in [0.05, 0.1) is 31.8 Å². The molecule has 0 unspecified atom stereocenters. The van der Waals surface area contributed by atoms with Crippen molar-refractivity contribution in [1.82, 2.24) is 24.5 Å². The predicted molar refractivity (Wildman–Crippen MR) is 147 cm³/mol. The molecule has 198 valence electrons. The molecule has 1 aliphatic rings. The second kappa shape index (κ2) is 12.0. The van der Waals surface area contributed by atoms with E-state index in [0.29, 0.717) is 24.5 Å². The molecule has 1 fully saturated rings. The first-order valence-corrected chi connectivity index (χ1v) is 13.1. The minimum absolute atomic E-state index is 0.252. The van der Waals surface area contributed by atoms with Crippen molar-refractivity contribution in [2.24, 2.45) is 0 Å². The highest BCUT2D eigenvalue weighted by molar-refractivity contribution is 5.57. The number of piperazine rings is 1. The van der Waals surface area contributed by atoms with Crippen LogP contribution in [0.4, 0.5) is 5.69 Å². The van der Waals surface area contributed by atoms with E-state index in [-0.39, 0.29) is 5.56 Å². The van der Waals surface area contributed by atoms with Crippen LogP contribution in [0.2, 0.25) is 0 Å². The van der Waals surface area contributed by atoms with E-state index in [1.54, 1.807) is 13.3 Å². The van der Waals surface area contributed by atoms with E-state index < -0.39 is 0 Å². The fourth-order valence-corrected chi connectivity index (χ4v) is 4.67. The number of rotatable bonds is 10. The van der Waals surface area contributed by atoms with E-state index in [4.69, 9.17) is 9.47 Å². The third-order valence-corrected chi connectivity index (χ3v) is 6.84. The van der Waals surface area contributed by atoms with Crippen LogP contribution in [0, 0.1) is 0 Å². The summed E-state index contributed by atoms with van der Waals surface area (Å²) in [5.41, 5.74) is 3.54. The molecule has 0 bridgehead atoms. The van der Waals surface area contributed by atoms with Crippen molar-refractivity contribution in [3.8, 4) is 17.2 Å². The number of nitrogens with zero attached hydrogens (tertiary/aromatic N) is 6. The number of methoxy groups -OCH3 is 1. The Morgan fingerprint density at radius 1 is 0.895 bits per heavy atom. The molecule has 4 aromatic rings. The van der Waals surface area contributed by atoms with Crippen LogP contribution in [-0.4, -0.2) is 64.4 Å². The van der Waals surface area contributed by atoms with Gasteiger partial charge in [-0.15, -0.1) is 0 Å². The summed E-state index contributed by atoms with van der Waals surface area (Å²) in [5.74, 6) is 1.16. The topological polar surface area (TPSA) is 77.7 Å².